The number of carbonyl (C=O) groups is 1. The zero-order valence-corrected chi connectivity index (χ0v) is 19.3. The third-order valence-corrected chi connectivity index (χ3v) is 7.05. The van der Waals surface area contributed by atoms with Crippen molar-refractivity contribution in [2.75, 3.05) is 6.54 Å². The van der Waals surface area contributed by atoms with Crippen molar-refractivity contribution in [3.05, 3.63) is 71.4 Å². The van der Waals surface area contributed by atoms with Crippen molar-refractivity contribution >= 4 is 16.8 Å². The summed E-state index contributed by atoms with van der Waals surface area (Å²) in [6, 6.07) is 18.8. The molecule has 172 valence electrons. The fourth-order valence-corrected chi connectivity index (χ4v) is 5.16. The highest BCUT2D eigenvalue weighted by Gasteiger charge is 2.31. The summed E-state index contributed by atoms with van der Waals surface area (Å²) in [5.41, 5.74) is 4.06. The highest BCUT2D eigenvalue weighted by molar-refractivity contribution is 5.86. The Morgan fingerprint density at radius 1 is 0.970 bits per heavy atom. The average molecular weight is 445 g/mol. The van der Waals surface area contributed by atoms with E-state index in [0.717, 1.165) is 78.5 Å². The van der Waals surface area contributed by atoms with Crippen molar-refractivity contribution in [2.24, 2.45) is 0 Å². The standard InChI is InChI=1S/C28H32N2O3/c1-20-26(19-32-23-15-13-22(14-16-23)30-17-7-12-27(30)31)29-25-11-6-5-10-24(25)28(20)33-18-21-8-3-2-4-9-21/h2-6,8-11,22-23H,7,12-19H2,1H3/t22-,23-. The van der Waals surface area contributed by atoms with Gasteiger partial charge in [-0.25, -0.2) is 4.98 Å². The molecule has 5 nitrogen and oxygen atoms in total. The summed E-state index contributed by atoms with van der Waals surface area (Å²) in [7, 11) is 0. The third kappa shape index (κ3) is 4.88. The Morgan fingerprint density at radius 2 is 1.73 bits per heavy atom. The van der Waals surface area contributed by atoms with E-state index in [-0.39, 0.29) is 6.10 Å². The van der Waals surface area contributed by atoms with Crippen LogP contribution in [0, 0.1) is 6.92 Å². The molecule has 0 atom stereocenters. The van der Waals surface area contributed by atoms with Crippen LogP contribution in [0.2, 0.25) is 0 Å². The Kier molecular flexibility index (Phi) is 6.58. The Hall–Kier alpha value is -2.92. The first-order chi connectivity index (χ1) is 16.2. The molecular weight excluding hydrogens is 412 g/mol. The van der Waals surface area contributed by atoms with Crippen LogP contribution < -0.4 is 4.74 Å². The highest BCUT2D eigenvalue weighted by Crippen LogP contribution is 2.33. The number of hydrogen-bond donors (Lipinski definition) is 0. The van der Waals surface area contributed by atoms with Gasteiger partial charge in [-0.15, -0.1) is 0 Å². The van der Waals surface area contributed by atoms with E-state index in [9.17, 15) is 4.79 Å². The second-order valence-corrected chi connectivity index (χ2v) is 9.24. The number of pyridine rings is 1. The summed E-state index contributed by atoms with van der Waals surface area (Å²) in [6.07, 6.45) is 6.02. The molecule has 1 saturated heterocycles. The maximum absolute atomic E-state index is 12.1. The molecule has 2 fully saturated rings. The molecule has 1 aliphatic heterocycles. The van der Waals surface area contributed by atoms with Crippen LogP contribution in [0.25, 0.3) is 10.9 Å². The SMILES string of the molecule is Cc1c(CO[C@H]2CC[C@H](N3CCCC3=O)CC2)nc2ccccc2c1OCc1ccccc1. The van der Waals surface area contributed by atoms with E-state index in [4.69, 9.17) is 14.5 Å². The molecule has 3 aromatic rings. The topological polar surface area (TPSA) is 51.7 Å². The first kappa shape index (κ1) is 21.9. The second kappa shape index (κ2) is 9.92. The third-order valence-electron chi connectivity index (χ3n) is 7.05. The van der Waals surface area contributed by atoms with E-state index in [1.54, 1.807) is 0 Å². The monoisotopic (exact) mass is 444 g/mol. The van der Waals surface area contributed by atoms with Gasteiger partial charge >= 0.3 is 0 Å². The molecule has 1 aromatic heterocycles. The van der Waals surface area contributed by atoms with Gasteiger partial charge in [-0.1, -0.05) is 42.5 Å². The van der Waals surface area contributed by atoms with Gasteiger partial charge < -0.3 is 14.4 Å². The summed E-state index contributed by atoms with van der Waals surface area (Å²) < 4.78 is 12.6. The minimum Gasteiger partial charge on any atom is -0.488 e. The van der Waals surface area contributed by atoms with Crippen molar-refractivity contribution in [1.29, 1.82) is 0 Å². The fourth-order valence-electron chi connectivity index (χ4n) is 5.16. The number of carbonyl (C=O) groups excluding carboxylic acids is 1. The summed E-state index contributed by atoms with van der Waals surface area (Å²) in [5, 5.41) is 1.03. The number of rotatable bonds is 7. The van der Waals surface area contributed by atoms with Crippen LogP contribution >= 0.6 is 0 Å². The zero-order valence-electron chi connectivity index (χ0n) is 19.3. The molecule has 2 aliphatic rings. The van der Waals surface area contributed by atoms with Gasteiger partial charge in [0.05, 0.1) is 23.9 Å². The summed E-state index contributed by atoms with van der Waals surface area (Å²) in [5.74, 6) is 1.22. The lowest BCUT2D eigenvalue weighted by Crippen LogP contribution is -2.40. The number of ether oxygens (including phenoxy) is 2. The van der Waals surface area contributed by atoms with Gasteiger partial charge in [0.15, 0.2) is 0 Å². The lowest BCUT2D eigenvalue weighted by molar-refractivity contribution is -0.131. The normalized spacial score (nSPS) is 21.0. The first-order valence-electron chi connectivity index (χ1n) is 12.1. The van der Waals surface area contributed by atoms with Crippen LogP contribution in [0.3, 0.4) is 0 Å². The molecule has 5 rings (SSSR count). The number of hydrogen-bond acceptors (Lipinski definition) is 4. The molecule has 33 heavy (non-hydrogen) atoms. The number of benzene rings is 2. The van der Waals surface area contributed by atoms with E-state index < -0.39 is 0 Å². The van der Waals surface area contributed by atoms with Crippen LogP contribution in [0.4, 0.5) is 0 Å². The summed E-state index contributed by atoms with van der Waals surface area (Å²) >= 11 is 0. The van der Waals surface area contributed by atoms with E-state index in [0.29, 0.717) is 25.2 Å². The van der Waals surface area contributed by atoms with Crippen LogP contribution in [-0.2, 0) is 22.7 Å². The summed E-state index contributed by atoms with van der Waals surface area (Å²) in [6.45, 7) is 4.01. The van der Waals surface area contributed by atoms with Crippen LogP contribution in [0.5, 0.6) is 5.75 Å². The Bertz CT molecular complexity index is 1110. The molecule has 0 N–H and O–H groups in total. The van der Waals surface area contributed by atoms with Crippen LogP contribution in [-0.4, -0.2) is 34.5 Å². The molecule has 0 radical (unpaired) electrons. The number of aromatic nitrogens is 1. The fraction of sp³-hybridized carbons (Fsp3) is 0.429. The van der Waals surface area contributed by atoms with E-state index in [2.05, 4.69) is 30.0 Å². The van der Waals surface area contributed by atoms with Crippen molar-refractivity contribution in [3.8, 4) is 5.75 Å². The molecule has 0 bridgehead atoms. The number of nitrogens with zero attached hydrogens (tertiary/aromatic N) is 2. The average Bonchev–Trinajstić information content (AvgIpc) is 3.29. The first-order valence-corrected chi connectivity index (χ1v) is 12.1. The van der Waals surface area contributed by atoms with E-state index in [1.165, 1.54) is 0 Å². The number of amides is 1. The number of fused-ring (bicyclic) bond motifs is 1. The molecule has 1 amide bonds. The van der Waals surface area contributed by atoms with Gasteiger partial charge in [0.25, 0.3) is 0 Å². The van der Waals surface area contributed by atoms with E-state index >= 15 is 0 Å². The minimum absolute atomic E-state index is 0.223. The molecule has 0 unspecified atom stereocenters. The molecule has 0 spiro atoms. The molecular formula is C28H32N2O3. The smallest absolute Gasteiger partial charge is 0.222 e. The zero-order chi connectivity index (χ0) is 22.6. The molecule has 1 saturated carbocycles. The quantitative estimate of drug-likeness (QED) is 0.478. The number of para-hydroxylation sites is 1. The van der Waals surface area contributed by atoms with Crippen molar-refractivity contribution in [3.63, 3.8) is 0 Å². The Labute approximate surface area is 195 Å². The lowest BCUT2D eigenvalue weighted by Gasteiger charge is -2.34. The van der Waals surface area contributed by atoms with Gasteiger partial charge in [-0.05, 0) is 56.7 Å². The van der Waals surface area contributed by atoms with E-state index in [1.807, 2.05) is 36.4 Å². The van der Waals surface area contributed by atoms with Crippen molar-refractivity contribution < 1.29 is 14.3 Å². The van der Waals surface area contributed by atoms with Crippen molar-refractivity contribution in [2.45, 2.75) is 70.8 Å². The van der Waals surface area contributed by atoms with Gasteiger partial charge in [-0.3, -0.25) is 4.79 Å². The summed E-state index contributed by atoms with van der Waals surface area (Å²) in [4.78, 5) is 19.1. The predicted molar refractivity (Wildman–Crippen MR) is 129 cm³/mol. The second-order valence-electron chi connectivity index (χ2n) is 9.24. The maximum atomic E-state index is 12.1. The molecule has 2 heterocycles. The Balaban J connectivity index is 1.26. The van der Waals surface area contributed by atoms with Gasteiger partial charge in [0.1, 0.15) is 12.4 Å². The van der Waals surface area contributed by atoms with Gasteiger partial charge in [-0.2, -0.15) is 0 Å². The molecule has 1 aliphatic carbocycles. The highest BCUT2D eigenvalue weighted by atomic mass is 16.5. The minimum atomic E-state index is 0.223. The van der Waals surface area contributed by atoms with Crippen LogP contribution in [0.1, 0.15) is 55.3 Å². The van der Waals surface area contributed by atoms with Gasteiger partial charge in [0, 0.05) is 30.0 Å². The molecule has 5 heteroatoms. The number of likely N-dealkylation sites (tertiary alicyclic amines) is 1. The largest absolute Gasteiger partial charge is 0.488 e. The maximum Gasteiger partial charge on any atom is 0.222 e. The Morgan fingerprint density at radius 3 is 2.48 bits per heavy atom. The van der Waals surface area contributed by atoms with Gasteiger partial charge in [0.2, 0.25) is 5.91 Å². The molecule has 2 aromatic carbocycles. The predicted octanol–water partition coefficient (Wildman–Crippen LogP) is 5.57. The van der Waals surface area contributed by atoms with Crippen molar-refractivity contribution in [1.82, 2.24) is 9.88 Å². The van der Waals surface area contributed by atoms with Crippen LogP contribution in [0.15, 0.2) is 54.6 Å². The lowest BCUT2D eigenvalue weighted by atomic mass is 9.92.